The smallest absolute Gasteiger partial charge is 0.254 e. The maximum Gasteiger partial charge on any atom is 0.254 e. The molecule has 0 bridgehead atoms. The minimum atomic E-state index is -0.0422. The topological polar surface area (TPSA) is 53.4 Å². The second-order valence-corrected chi connectivity index (χ2v) is 4.85. The highest BCUT2D eigenvalue weighted by Crippen LogP contribution is 2.23. The normalized spacial score (nSPS) is 19.0. The van der Waals surface area contributed by atoms with Crippen molar-refractivity contribution in [2.75, 3.05) is 13.2 Å². The van der Waals surface area contributed by atoms with Crippen molar-refractivity contribution in [3.05, 3.63) is 42.1 Å². The van der Waals surface area contributed by atoms with Crippen LogP contribution in [0.2, 0.25) is 0 Å². The molecule has 98 valence electrons. The number of carbonyl (C=O) groups is 1. The molecule has 0 spiro atoms. The summed E-state index contributed by atoms with van der Waals surface area (Å²) >= 11 is 0. The lowest BCUT2D eigenvalue weighted by Crippen LogP contribution is -2.37. The lowest BCUT2D eigenvalue weighted by molar-refractivity contribution is 0.0679. The number of likely N-dealkylation sites (tertiary alicyclic amines) is 1. The molecule has 4 nitrogen and oxygen atoms in total. The summed E-state index contributed by atoms with van der Waals surface area (Å²) in [5, 5.41) is 10.2. The maximum absolute atomic E-state index is 12.6. The Morgan fingerprint density at radius 1 is 1.37 bits per heavy atom. The van der Waals surface area contributed by atoms with Crippen LogP contribution in [-0.4, -0.2) is 40.1 Å². The summed E-state index contributed by atoms with van der Waals surface area (Å²) in [5.74, 6) is -0.00449. The summed E-state index contributed by atoms with van der Waals surface area (Å²) in [6.07, 6.45) is 3.56. The Hall–Kier alpha value is -1.94. The van der Waals surface area contributed by atoms with Crippen molar-refractivity contribution in [2.45, 2.75) is 18.9 Å². The Balaban J connectivity index is 2.02. The van der Waals surface area contributed by atoms with E-state index in [0.29, 0.717) is 5.56 Å². The quantitative estimate of drug-likeness (QED) is 0.892. The van der Waals surface area contributed by atoms with Crippen LogP contribution in [0.25, 0.3) is 10.9 Å². The van der Waals surface area contributed by atoms with Crippen molar-refractivity contribution in [1.29, 1.82) is 0 Å². The number of carbonyl (C=O) groups excluding carboxylic acids is 1. The summed E-state index contributed by atoms with van der Waals surface area (Å²) in [6, 6.07) is 9.30. The Morgan fingerprint density at radius 2 is 2.26 bits per heavy atom. The van der Waals surface area contributed by atoms with Crippen molar-refractivity contribution in [1.82, 2.24) is 9.88 Å². The standard InChI is InChI=1S/C15H16N2O2/c18-10-11-4-3-9-17(11)15(19)13-5-1-7-14-12(13)6-2-8-16-14/h1-2,5-8,11,18H,3-4,9-10H2/t11-/m1/s1. The van der Waals surface area contributed by atoms with Crippen LogP contribution in [0.15, 0.2) is 36.5 Å². The van der Waals surface area contributed by atoms with Crippen LogP contribution in [0.3, 0.4) is 0 Å². The number of rotatable bonds is 2. The number of benzene rings is 1. The molecule has 1 aliphatic rings. The Bertz CT molecular complexity index is 607. The van der Waals surface area contributed by atoms with E-state index >= 15 is 0 Å². The van der Waals surface area contributed by atoms with Gasteiger partial charge < -0.3 is 10.0 Å². The van der Waals surface area contributed by atoms with Gasteiger partial charge in [-0.05, 0) is 31.0 Å². The fraction of sp³-hybridized carbons (Fsp3) is 0.333. The van der Waals surface area contributed by atoms with E-state index in [2.05, 4.69) is 4.98 Å². The van der Waals surface area contributed by atoms with Crippen molar-refractivity contribution >= 4 is 16.8 Å². The molecule has 3 rings (SSSR count). The van der Waals surface area contributed by atoms with Crippen LogP contribution in [0.5, 0.6) is 0 Å². The van der Waals surface area contributed by atoms with Gasteiger partial charge in [0, 0.05) is 23.7 Å². The van der Waals surface area contributed by atoms with E-state index in [1.165, 1.54) is 0 Å². The Labute approximate surface area is 111 Å². The molecule has 4 heteroatoms. The van der Waals surface area contributed by atoms with Gasteiger partial charge in [0.25, 0.3) is 5.91 Å². The van der Waals surface area contributed by atoms with Gasteiger partial charge >= 0.3 is 0 Å². The van der Waals surface area contributed by atoms with Crippen molar-refractivity contribution in [3.63, 3.8) is 0 Å². The first kappa shape index (κ1) is 12.1. The fourth-order valence-electron chi connectivity index (χ4n) is 2.74. The van der Waals surface area contributed by atoms with Crippen molar-refractivity contribution in [3.8, 4) is 0 Å². The number of pyridine rings is 1. The highest BCUT2D eigenvalue weighted by molar-refractivity contribution is 6.06. The van der Waals surface area contributed by atoms with Crippen LogP contribution in [0.1, 0.15) is 23.2 Å². The number of amides is 1. The average molecular weight is 256 g/mol. The SMILES string of the molecule is O=C(c1cccc2ncccc12)N1CCC[C@@H]1CO. The molecule has 0 aliphatic carbocycles. The number of aliphatic hydroxyl groups is 1. The number of nitrogens with zero attached hydrogens (tertiary/aromatic N) is 2. The zero-order chi connectivity index (χ0) is 13.2. The van der Waals surface area contributed by atoms with Crippen molar-refractivity contribution in [2.24, 2.45) is 0 Å². The van der Waals surface area contributed by atoms with Crippen LogP contribution in [0, 0.1) is 0 Å². The first-order valence-corrected chi connectivity index (χ1v) is 6.57. The number of aliphatic hydroxyl groups excluding tert-OH is 1. The van der Waals surface area contributed by atoms with E-state index in [9.17, 15) is 9.90 Å². The Morgan fingerprint density at radius 3 is 3.11 bits per heavy atom. The predicted octanol–water partition coefficient (Wildman–Crippen LogP) is 1.83. The molecule has 1 fully saturated rings. The van der Waals surface area contributed by atoms with Crippen LogP contribution in [-0.2, 0) is 0 Å². The number of aromatic nitrogens is 1. The summed E-state index contributed by atoms with van der Waals surface area (Å²) < 4.78 is 0. The van der Waals surface area contributed by atoms with Crippen molar-refractivity contribution < 1.29 is 9.90 Å². The van der Waals surface area contributed by atoms with Gasteiger partial charge in [0.2, 0.25) is 0 Å². The second kappa shape index (κ2) is 4.97. The van der Waals surface area contributed by atoms with Gasteiger partial charge in [0.1, 0.15) is 0 Å². The lowest BCUT2D eigenvalue weighted by Gasteiger charge is -2.23. The molecule has 1 amide bonds. The third-order valence-electron chi connectivity index (χ3n) is 3.72. The minimum Gasteiger partial charge on any atom is -0.394 e. The molecule has 1 aromatic heterocycles. The van der Waals surface area contributed by atoms with E-state index in [0.717, 1.165) is 30.3 Å². The minimum absolute atomic E-state index is 0.00449. The zero-order valence-corrected chi connectivity index (χ0v) is 10.6. The van der Waals surface area contributed by atoms with Gasteiger partial charge in [0.15, 0.2) is 0 Å². The fourth-order valence-corrected chi connectivity index (χ4v) is 2.74. The molecule has 1 aliphatic heterocycles. The van der Waals surface area contributed by atoms with Gasteiger partial charge in [-0.15, -0.1) is 0 Å². The van der Waals surface area contributed by atoms with Gasteiger partial charge in [-0.25, -0.2) is 0 Å². The molecular formula is C15H16N2O2. The molecule has 2 aromatic rings. The van der Waals surface area contributed by atoms with Crippen LogP contribution < -0.4 is 0 Å². The number of hydrogen-bond acceptors (Lipinski definition) is 3. The summed E-state index contributed by atoms with van der Waals surface area (Å²) in [5.41, 5.74) is 1.50. The van der Waals surface area contributed by atoms with E-state index in [1.54, 1.807) is 11.1 Å². The van der Waals surface area contributed by atoms with Gasteiger partial charge in [-0.1, -0.05) is 12.1 Å². The van der Waals surface area contributed by atoms with Crippen LogP contribution >= 0.6 is 0 Å². The highest BCUT2D eigenvalue weighted by Gasteiger charge is 2.29. The number of hydrogen-bond donors (Lipinski definition) is 1. The first-order valence-electron chi connectivity index (χ1n) is 6.57. The molecule has 1 N–H and O–H groups in total. The second-order valence-electron chi connectivity index (χ2n) is 4.85. The van der Waals surface area contributed by atoms with E-state index in [-0.39, 0.29) is 18.6 Å². The molecule has 1 saturated heterocycles. The number of fused-ring (bicyclic) bond motifs is 1. The summed E-state index contributed by atoms with van der Waals surface area (Å²) in [6.45, 7) is 0.759. The average Bonchev–Trinajstić information content (AvgIpc) is 2.94. The molecule has 2 heterocycles. The van der Waals surface area contributed by atoms with E-state index in [1.807, 2.05) is 30.3 Å². The summed E-state index contributed by atoms with van der Waals surface area (Å²) in [7, 11) is 0. The highest BCUT2D eigenvalue weighted by atomic mass is 16.3. The monoisotopic (exact) mass is 256 g/mol. The Kier molecular flexibility index (Phi) is 3.17. The molecule has 0 saturated carbocycles. The summed E-state index contributed by atoms with van der Waals surface area (Å²) in [4.78, 5) is 18.7. The maximum atomic E-state index is 12.6. The molecular weight excluding hydrogens is 240 g/mol. The molecule has 19 heavy (non-hydrogen) atoms. The van der Waals surface area contributed by atoms with E-state index in [4.69, 9.17) is 0 Å². The third kappa shape index (κ3) is 2.08. The molecule has 1 atom stereocenters. The molecule has 1 aromatic carbocycles. The zero-order valence-electron chi connectivity index (χ0n) is 10.6. The molecule has 0 unspecified atom stereocenters. The third-order valence-corrected chi connectivity index (χ3v) is 3.72. The first-order chi connectivity index (χ1) is 9.31. The predicted molar refractivity (Wildman–Crippen MR) is 72.9 cm³/mol. The van der Waals surface area contributed by atoms with Gasteiger partial charge in [-0.2, -0.15) is 0 Å². The molecule has 0 radical (unpaired) electrons. The van der Waals surface area contributed by atoms with E-state index < -0.39 is 0 Å². The van der Waals surface area contributed by atoms with Gasteiger partial charge in [-0.3, -0.25) is 9.78 Å². The lowest BCUT2D eigenvalue weighted by atomic mass is 10.1. The largest absolute Gasteiger partial charge is 0.394 e. The van der Waals surface area contributed by atoms with Gasteiger partial charge in [0.05, 0.1) is 18.2 Å². The van der Waals surface area contributed by atoms with Crippen LogP contribution in [0.4, 0.5) is 0 Å².